The Morgan fingerprint density at radius 3 is 2.30 bits per heavy atom. The Hall–Kier alpha value is -3.61. The summed E-state index contributed by atoms with van der Waals surface area (Å²) in [7, 11) is 0. The van der Waals surface area contributed by atoms with Gasteiger partial charge in [-0.05, 0) is 56.2 Å². The summed E-state index contributed by atoms with van der Waals surface area (Å²) in [5.41, 5.74) is 2.07. The van der Waals surface area contributed by atoms with Crippen LogP contribution in [0.2, 0.25) is 0 Å². The molecule has 7 nitrogen and oxygen atoms in total. The van der Waals surface area contributed by atoms with Crippen LogP contribution in [-0.4, -0.2) is 46.3 Å². The van der Waals surface area contributed by atoms with Crippen molar-refractivity contribution in [3.63, 3.8) is 0 Å². The highest BCUT2D eigenvalue weighted by Crippen LogP contribution is 2.21. The van der Waals surface area contributed by atoms with Crippen molar-refractivity contribution in [2.75, 3.05) is 18.4 Å². The summed E-state index contributed by atoms with van der Waals surface area (Å²) >= 11 is 0. The van der Waals surface area contributed by atoms with Gasteiger partial charge in [-0.3, -0.25) is 14.4 Å². The summed E-state index contributed by atoms with van der Waals surface area (Å²) in [6.07, 6.45) is 1.88. The number of benzene rings is 2. The highest BCUT2D eigenvalue weighted by atomic mass is 16.2. The van der Waals surface area contributed by atoms with Crippen LogP contribution in [0.3, 0.4) is 0 Å². The van der Waals surface area contributed by atoms with E-state index in [1.54, 1.807) is 29.2 Å². The number of hydrogen-bond acceptors (Lipinski definition) is 3. The predicted octanol–water partition coefficient (Wildman–Crippen LogP) is 3.90. The van der Waals surface area contributed by atoms with Crippen LogP contribution in [0.15, 0.2) is 60.8 Å². The first-order valence-electron chi connectivity index (χ1n) is 11.4. The van der Waals surface area contributed by atoms with Gasteiger partial charge in [0.05, 0.1) is 0 Å². The minimum atomic E-state index is -0.676. The number of aromatic nitrogens is 1. The highest BCUT2D eigenvalue weighted by Gasteiger charge is 2.25. The van der Waals surface area contributed by atoms with E-state index in [-0.39, 0.29) is 30.2 Å². The van der Waals surface area contributed by atoms with E-state index in [0.29, 0.717) is 24.3 Å². The van der Waals surface area contributed by atoms with Gasteiger partial charge in [0.25, 0.3) is 5.91 Å². The number of carbonyl (C=O) groups is 3. The normalized spacial score (nSPS) is 11.9. The number of rotatable bonds is 9. The standard InChI is InChI=1S/C26H32N4O3/c1-5-29(6-2)23(31)17-30-15-14-20-16-21(12-13-22(20)30)27-26(33)24(18(3)4)28-25(32)19-10-8-7-9-11-19/h7-16,18,24H,5-6,17H2,1-4H3,(H,27,33)(H,28,32). The Bertz CT molecular complexity index is 1120. The van der Waals surface area contributed by atoms with Gasteiger partial charge in [-0.2, -0.15) is 0 Å². The van der Waals surface area contributed by atoms with Crippen molar-refractivity contribution in [1.82, 2.24) is 14.8 Å². The zero-order chi connectivity index (χ0) is 24.0. The third-order valence-electron chi connectivity index (χ3n) is 5.73. The quantitative estimate of drug-likeness (QED) is 0.521. The first kappa shape index (κ1) is 24.0. The van der Waals surface area contributed by atoms with Gasteiger partial charge in [0.15, 0.2) is 0 Å². The van der Waals surface area contributed by atoms with Crippen LogP contribution < -0.4 is 10.6 Å². The lowest BCUT2D eigenvalue weighted by Gasteiger charge is -2.22. The maximum absolute atomic E-state index is 13.0. The number of hydrogen-bond donors (Lipinski definition) is 2. The fraction of sp³-hybridized carbons (Fsp3) is 0.346. The Labute approximate surface area is 194 Å². The second-order valence-corrected chi connectivity index (χ2v) is 8.33. The number of likely N-dealkylation sites (N-methyl/N-ethyl adjacent to an activating group) is 1. The summed E-state index contributed by atoms with van der Waals surface area (Å²) in [6.45, 7) is 9.37. The summed E-state index contributed by atoms with van der Waals surface area (Å²) in [6, 6.07) is 15.7. The topological polar surface area (TPSA) is 83.4 Å². The van der Waals surface area contributed by atoms with Crippen LogP contribution in [0.5, 0.6) is 0 Å². The van der Waals surface area contributed by atoms with E-state index in [0.717, 1.165) is 10.9 Å². The van der Waals surface area contributed by atoms with Crippen molar-refractivity contribution in [3.8, 4) is 0 Å². The van der Waals surface area contributed by atoms with E-state index >= 15 is 0 Å². The second-order valence-electron chi connectivity index (χ2n) is 8.33. The SMILES string of the molecule is CCN(CC)C(=O)Cn1ccc2cc(NC(=O)C(NC(=O)c3ccccc3)C(C)C)ccc21. The molecular formula is C26H32N4O3. The summed E-state index contributed by atoms with van der Waals surface area (Å²) in [5.74, 6) is -0.572. The third kappa shape index (κ3) is 5.80. The molecule has 3 rings (SSSR count). The van der Waals surface area contributed by atoms with Crippen molar-refractivity contribution >= 4 is 34.3 Å². The lowest BCUT2D eigenvalue weighted by Crippen LogP contribution is -2.47. The van der Waals surface area contributed by atoms with Gasteiger partial charge in [-0.15, -0.1) is 0 Å². The van der Waals surface area contributed by atoms with Crippen LogP contribution >= 0.6 is 0 Å². The smallest absolute Gasteiger partial charge is 0.251 e. The van der Waals surface area contributed by atoms with Crippen molar-refractivity contribution in [3.05, 3.63) is 66.4 Å². The number of anilines is 1. The molecule has 0 spiro atoms. The minimum absolute atomic E-state index is 0.0730. The molecule has 33 heavy (non-hydrogen) atoms. The van der Waals surface area contributed by atoms with E-state index in [1.165, 1.54) is 0 Å². The molecular weight excluding hydrogens is 416 g/mol. The molecule has 174 valence electrons. The van der Waals surface area contributed by atoms with Crippen LogP contribution in [0.4, 0.5) is 5.69 Å². The van der Waals surface area contributed by atoms with Crippen LogP contribution in [0.25, 0.3) is 10.9 Å². The summed E-state index contributed by atoms with van der Waals surface area (Å²) in [5, 5.41) is 6.69. The molecule has 0 saturated heterocycles. The zero-order valence-corrected chi connectivity index (χ0v) is 19.7. The van der Waals surface area contributed by atoms with Crippen molar-refractivity contribution < 1.29 is 14.4 Å². The molecule has 1 unspecified atom stereocenters. The van der Waals surface area contributed by atoms with E-state index in [9.17, 15) is 14.4 Å². The molecule has 0 radical (unpaired) electrons. The average Bonchev–Trinajstić information content (AvgIpc) is 3.20. The van der Waals surface area contributed by atoms with E-state index < -0.39 is 6.04 Å². The molecule has 0 bridgehead atoms. The number of carbonyl (C=O) groups excluding carboxylic acids is 3. The lowest BCUT2D eigenvalue weighted by molar-refractivity contribution is -0.131. The van der Waals surface area contributed by atoms with Gasteiger partial charge in [0.2, 0.25) is 11.8 Å². The number of nitrogens with one attached hydrogen (secondary N) is 2. The third-order valence-corrected chi connectivity index (χ3v) is 5.73. The first-order valence-corrected chi connectivity index (χ1v) is 11.4. The molecule has 1 heterocycles. The van der Waals surface area contributed by atoms with E-state index in [4.69, 9.17) is 0 Å². The van der Waals surface area contributed by atoms with Gasteiger partial charge < -0.3 is 20.1 Å². The second kappa shape index (κ2) is 10.8. The summed E-state index contributed by atoms with van der Waals surface area (Å²) in [4.78, 5) is 39.8. The number of fused-ring (bicyclic) bond motifs is 1. The molecule has 0 fully saturated rings. The predicted molar refractivity (Wildman–Crippen MR) is 131 cm³/mol. The van der Waals surface area contributed by atoms with Gasteiger partial charge in [-0.1, -0.05) is 32.0 Å². The largest absolute Gasteiger partial charge is 0.342 e. The fourth-order valence-corrected chi connectivity index (χ4v) is 3.81. The van der Waals surface area contributed by atoms with E-state index in [1.807, 2.05) is 68.8 Å². The zero-order valence-electron chi connectivity index (χ0n) is 19.7. The maximum Gasteiger partial charge on any atom is 0.251 e. The van der Waals surface area contributed by atoms with Crippen molar-refractivity contribution in [2.45, 2.75) is 40.3 Å². The highest BCUT2D eigenvalue weighted by molar-refractivity contribution is 6.02. The summed E-state index contributed by atoms with van der Waals surface area (Å²) < 4.78 is 1.92. The molecule has 7 heteroatoms. The molecule has 2 N–H and O–H groups in total. The molecule has 0 aliphatic carbocycles. The van der Waals surface area contributed by atoms with Gasteiger partial charge in [-0.25, -0.2) is 0 Å². The minimum Gasteiger partial charge on any atom is -0.342 e. The molecule has 0 aliphatic rings. The van der Waals surface area contributed by atoms with Crippen molar-refractivity contribution in [1.29, 1.82) is 0 Å². The van der Waals surface area contributed by atoms with Gasteiger partial charge >= 0.3 is 0 Å². The molecule has 3 aromatic rings. The molecule has 1 atom stereocenters. The first-order chi connectivity index (χ1) is 15.8. The lowest BCUT2D eigenvalue weighted by atomic mass is 10.0. The van der Waals surface area contributed by atoms with Gasteiger partial charge in [0, 0.05) is 41.4 Å². The maximum atomic E-state index is 13.0. The van der Waals surface area contributed by atoms with Crippen LogP contribution in [0.1, 0.15) is 38.1 Å². The Morgan fingerprint density at radius 2 is 1.67 bits per heavy atom. The molecule has 0 saturated carbocycles. The molecule has 0 aliphatic heterocycles. The van der Waals surface area contributed by atoms with Crippen LogP contribution in [-0.2, 0) is 16.1 Å². The molecule has 1 aromatic heterocycles. The average molecular weight is 449 g/mol. The van der Waals surface area contributed by atoms with Crippen molar-refractivity contribution in [2.24, 2.45) is 5.92 Å². The number of amides is 3. The molecule has 3 amide bonds. The van der Waals surface area contributed by atoms with Gasteiger partial charge in [0.1, 0.15) is 12.6 Å². The Balaban J connectivity index is 1.71. The fourth-order valence-electron chi connectivity index (χ4n) is 3.81. The Morgan fingerprint density at radius 1 is 0.970 bits per heavy atom. The monoisotopic (exact) mass is 448 g/mol. The van der Waals surface area contributed by atoms with E-state index in [2.05, 4.69) is 10.6 Å². The molecule has 2 aromatic carbocycles. The number of nitrogens with zero attached hydrogens (tertiary/aromatic N) is 2. The van der Waals surface area contributed by atoms with Crippen LogP contribution in [0, 0.1) is 5.92 Å². The Kier molecular flexibility index (Phi) is 7.87.